The van der Waals surface area contributed by atoms with E-state index < -0.39 is 5.82 Å². The van der Waals surface area contributed by atoms with Crippen molar-refractivity contribution in [3.63, 3.8) is 0 Å². The lowest BCUT2D eigenvalue weighted by Crippen LogP contribution is -2.30. The van der Waals surface area contributed by atoms with Crippen molar-refractivity contribution in [1.29, 1.82) is 0 Å². The van der Waals surface area contributed by atoms with E-state index in [9.17, 15) is 8.78 Å². The summed E-state index contributed by atoms with van der Waals surface area (Å²) in [5, 5.41) is 3.32. The molecule has 0 amide bonds. The van der Waals surface area contributed by atoms with Crippen LogP contribution in [0.4, 0.5) is 8.78 Å². The molecule has 0 aliphatic carbocycles. The molecule has 5 heteroatoms. The van der Waals surface area contributed by atoms with Gasteiger partial charge in [0.05, 0.1) is 5.02 Å². The van der Waals surface area contributed by atoms with Crippen LogP contribution in [0.5, 0.6) is 0 Å². The minimum Gasteiger partial charge on any atom is -0.316 e. The Labute approximate surface area is 132 Å². The molecule has 0 saturated carbocycles. The standard InChI is InChI=1S/C16H16ClF2NS/c1-20-12(9-11-5-4-7-14(19)16(11)17)10-21-15-8-3-2-6-13(15)18/h2-8,12,20H,9-10H2,1H3. The van der Waals surface area contributed by atoms with E-state index in [1.54, 1.807) is 18.2 Å². The third-order valence-electron chi connectivity index (χ3n) is 3.18. The largest absolute Gasteiger partial charge is 0.316 e. The first kappa shape index (κ1) is 16.3. The zero-order chi connectivity index (χ0) is 15.2. The van der Waals surface area contributed by atoms with Gasteiger partial charge in [0, 0.05) is 16.7 Å². The maximum atomic E-state index is 13.6. The molecule has 0 radical (unpaired) electrons. The normalized spacial score (nSPS) is 12.4. The predicted molar refractivity (Wildman–Crippen MR) is 85.1 cm³/mol. The molecule has 0 aromatic heterocycles. The summed E-state index contributed by atoms with van der Waals surface area (Å²) in [6, 6.07) is 11.5. The second kappa shape index (κ2) is 7.78. The van der Waals surface area contributed by atoms with Gasteiger partial charge < -0.3 is 5.32 Å². The average molecular weight is 328 g/mol. The minimum absolute atomic E-state index is 0.0777. The first-order valence-corrected chi connectivity index (χ1v) is 7.95. The summed E-state index contributed by atoms with van der Waals surface area (Å²) < 4.78 is 27.0. The van der Waals surface area contributed by atoms with E-state index in [1.165, 1.54) is 23.9 Å². The van der Waals surface area contributed by atoms with Crippen LogP contribution in [0.3, 0.4) is 0 Å². The van der Waals surface area contributed by atoms with Crippen LogP contribution >= 0.6 is 23.4 Å². The number of hydrogen-bond donors (Lipinski definition) is 1. The number of thioether (sulfide) groups is 1. The van der Waals surface area contributed by atoms with Gasteiger partial charge >= 0.3 is 0 Å². The molecule has 0 fully saturated rings. The van der Waals surface area contributed by atoms with Crippen molar-refractivity contribution < 1.29 is 8.78 Å². The smallest absolute Gasteiger partial charge is 0.142 e. The maximum absolute atomic E-state index is 13.6. The molecule has 2 aromatic carbocycles. The van der Waals surface area contributed by atoms with Crippen LogP contribution in [-0.2, 0) is 6.42 Å². The Kier molecular flexibility index (Phi) is 6.03. The summed E-state index contributed by atoms with van der Waals surface area (Å²) in [6.45, 7) is 0. The fourth-order valence-corrected chi connectivity index (χ4v) is 3.22. The zero-order valence-corrected chi connectivity index (χ0v) is 13.1. The Morgan fingerprint density at radius 2 is 1.81 bits per heavy atom. The number of hydrogen-bond acceptors (Lipinski definition) is 2. The van der Waals surface area contributed by atoms with E-state index >= 15 is 0 Å². The van der Waals surface area contributed by atoms with Crippen LogP contribution in [-0.4, -0.2) is 18.8 Å². The number of benzene rings is 2. The fourth-order valence-electron chi connectivity index (χ4n) is 1.97. The monoisotopic (exact) mass is 327 g/mol. The molecule has 0 saturated heterocycles. The Balaban J connectivity index is 2.01. The van der Waals surface area contributed by atoms with Gasteiger partial charge in [-0.05, 0) is 37.2 Å². The SMILES string of the molecule is CNC(CSc1ccccc1F)Cc1cccc(F)c1Cl. The van der Waals surface area contributed by atoms with Crippen LogP contribution in [0.15, 0.2) is 47.4 Å². The van der Waals surface area contributed by atoms with Crippen LogP contribution in [0, 0.1) is 11.6 Å². The molecule has 1 nitrogen and oxygen atoms in total. The highest BCUT2D eigenvalue weighted by Gasteiger charge is 2.13. The quantitative estimate of drug-likeness (QED) is 0.782. The third kappa shape index (κ3) is 4.43. The van der Waals surface area contributed by atoms with Crippen molar-refractivity contribution in [3.05, 3.63) is 64.7 Å². The van der Waals surface area contributed by atoms with E-state index in [0.717, 1.165) is 5.56 Å². The molecule has 112 valence electrons. The number of likely N-dealkylation sites (N-methyl/N-ethyl adjacent to an activating group) is 1. The summed E-state index contributed by atoms with van der Waals surface area (Å²) in [6.07, 6.45) is 0.592. The van der Waals surface area contributed by atoms with Crippen molar-refractivity contribution in [3.8, 4) is 0 Å². The number of rotatable bonds is 6. The predicted octanol–water partition coefficient (Wildman–Crippen LogP) is 4.54. The van der Waals surface area contributed by atoms with Gasteiger partial charge in [0.2, 0.25) is 0 Å². The van der Waals surface area contributed by atoms with Gasteiger partial charge in [-0.1, -0.05) is 35.9 Å². The fraction of sp³-hybridized carbons (Fsp3) is 0.250. The highest BCUT2D eigenvalue weighted by molar-refractivity contribution is 7.99. The Morgan fingerprint density at radius 1 is 1.10 bits per heavy atom. The Hall–Kier alpha value is -1.10. The lowest BCUT2D eigenvalue weighted by molar-refractivity contribution is 0.595. The lowest BCUT2D eigenvalue weighted by Gasteiger charge is -2.17. The molecular formula is C16H16ClF2NS. The second-order valence-electron chi connectivity index (χ2n) is 4.64. The number of halogens is 3. The van der Waals surface area contributed by atoms with Crippen molar-refractivity contribution in [1.82, 2.24) is 5.32 Å². The second-order valence-corrected chi connectivity index (χ2v) is 6.08. The molecule has 0 bridgehead atoms. The van der Waals surface area contributed by atoms with Gasteiger partial charge in [-0.25, -0.2) is 8.78 Å². The summed E-state index contributed by atoms with van der Waals surface area (Å²) >= 11 is 7.40. The first-order valence-electron chi connectivity index (χ1n) is 6.59. The molecule has 1 unspecified atom stereocenters. The van der Waals surface area contributed by atoms with Gasteiger partial charge in [0.1, 0.15) is 11.6 Å². The Bertz CT molecular complexity index is 607. The summed E-state index contributed by atoms with van der Waals surface area (Å²) in [7, 11) is 1.83. The van der Waals surface area contributed by atoms with E-state index in [-0.39, 0.29) is 16.9 Å². The number of nitrogens with one attached hydrogen (secondary N) is 1. The molecule has 2 rings (SSSR count). The molecule has 0 aliphatic rings. The summed E-state index contributed by atoms with van der Waals surface area (Å²) in [5.41, 5.74) is 0.755. The topological polar surface area (TPSA) is 12.0 Å². The molecule has 0 spiro atoms. The van der Waals surface area contributed by atoms with E-state index in [1.807, 2.05) is 19.2 Å². The van der Waals surface area contributed by atoms with E-state index in [2.05, 4.69) is 5.32 Å². The minimum atomic E-state index is -0.411. The van der Waals surface area contributed by atoms with E-state index in [4.69, 9.17) is 11.6 Å². The van der Waals surface area contributed by atoms with Gasteiger partial charge in [0.25, 0.3) is 0 Å². The Morgan fingerprint density at radius 3 is 2.52 bits per heavy atom. The molecule has 21 heavy (non-hydrogen) atoms. The average Bonchev–Trinajstić information content (AvgIpc) is 2.49. The van der Waals surface area contributed by atoms with Crippen LogP contribution in [0.1, 0.15) is 5.56 Å². The molecule has 0 aliphatic heterocycles. The van der Waals surface area contributed by atoms with Crippen LogP contribution < -0.4 is 5.32 Å². The highest BCUT2D eigenvalue weighted by atomic mass is 35.5. The van der Waals surface area contributed by atoms with Crippen LogP contribution in [0.2, 0.25) is 5.02 Å². The van der Waals surface area contributed by atoms with Crippen LogP contribution in [0.25, 0.3) is 0 Å². The summed E-state index contributed by atoms with van der Waals surface area (Å²) in [4.78, 5) is 0.614. The molecular weight excluding hydrogens is 312 g/mol. The molecule has 2 aromatic rings. The highest BCUT2D eigenvalue weighted by Crippen LogP contribution is 2.25. The maximum Gasteiger partial charge on any atom is 0.142 e. The van der Waals surface area contributed by atoms with E-state index in [0.29, 0.717) is 17.1 Å². The van der Waals surface area contributed by atoms with Gasteiger partial charge in [-0.3, -0.25) is 0 Å². The summed E-state index contributed by atoms with van der Waals surface area (Å²) in [5.74, 6) is 0.0384. The van der Waals surface area contributed by atoms with Gasteiger partial charge in [-0.2, -0.15) is 0 Å². The van der Waals surface area contributed by atoms with Gasteiger partial charge in [0.15, 0.2) is 0 Å². The van der Waals surface area contributed by atoms with Crippen molar-refractivity contribution in [2.45, 2.75) is 17.4 Å². The first-order chi connectivity index (χ1) is 10.1. The van der Waals surface area contributed by atoms with Gasteiger partial charge in [-0.15, -0.1) is 11.8 Å². The zero-order valence-electron chi connectivity index (χ0n) is 11.6. The molecule has 1 atom stereocenters. The van der Waals surface area contributed by atoms with Crippen molar-refractivity contribution in [2.24, 2.45) is 0 Å². The molecule has 1 N–H and O–H groups in total. The van der Waals surface area contributed by atoms with Crippen molar-refractivity contribution in [2.75, 3.05) is 12.8 Å². The van der Waals surface area contributed by atoms with Crippen molar-refractivity contribution >= 4 is 23.4 Å². The third-order valence-corrected chi connectivity index (χ3v) is 4.82. The lowest BCUT2D eigenvalue weighted by atomic mass is 10.1. The molecule has 0 heterocycles.